The minimum Gasteiger partial charge on any atom is -0.598 e. The Morgan fingerprint density at radius 2 is 1.92 bits per heavy atom. The lowest BCUT2D eigenvalue weighted by molar-refractivity contribution is -0.123. The highest BCUT2D eigenvalue weighted by atomic mass is 35.5. The van der Waals surface area contributed by atoms with Gasteiger partial charge in [-0.3, -0.25) is 4.79 Å². The largest absolute Gasteiger partial charge is 0.598 e. The fourth-order valence-electron chi connectivity index (χ4n) is 1.66. The lowest BCUT2D eigenvalue weighted by Crippen LogP contribution is -2.42. The number of methoxy groups -OCH3 is 1. The van der Waals surface area contributed by atoms with Gasteiger partial charge in [-0.2, -0.15) is 0 Å². The lowest BCUT2D eigenvalue weighted by atomic mass is 9.96. The second kappa shape index (κ2) is 8.64. The molecule has 0 fully saturated rings. The van der Waals surface area contributed by atoms with Crippen molar-refractivity contribution in [3.05, 3.63) is 16.8 Å². The molecule has 0 saturated carbocycles. The molecule has 1 amide bonds. The average molecular weight is 391 g/mol. The van der Waals surface area contributed by atoms with Crippen LogP contribution in [0.15, 0.2) is 6.07 Å². The Labute approximate surface area is 157 Å². The molecule has 2 N–H and O–H groups in total. The maximum atomic E-state index is 12.4. The van der Waals surface area contributed by atoms with Gasteiger partial charge in [0, 0.05) is 29.5 Å². The molecule has 2 atom stereocenters. The first kappa shape index (κ1) is 22.1. The third-order valence-corrected chi connectivity index (χ3v) is 5.12. The number of hydrogen-bond acceptors (Lipinski definition) is 6. The van der Waals surface area contributed by atoms with Gasteiger partial charge in [0.25, 0.3) is 0 Å². The molecule has 1 rings (SSSR count). The van der Waals surface area contributed by atoms with Crippen LogP contribution in [0.25, 0.3) is 0 Å². The fourth-order valence-corrected chi connectivity index (χ4v) is 2.69. The van der Waals surface area contributed by atoms with Crippen molar-refractivity contribution in [1.29, 1.82) is 0 Å². The molecule has 7 nitrogen and oxygen atoms in total. The van der Waals surface area contributed by atoms with E-state index < -0.39 is 27.6 Å². The molecule has 9 heteroatoms. The van der Waals surface area contributed by atoms with E-state index in [1.54, 1.807) is 33.9 Å². The summed E-state index contributed by atoms with van der Waals surface area (Å²) >= 11 is 4.84. The summed E-state index contributed by atoms with van der Waals surface area (Å²) in [7, 11) is 1.54. The highest BCUT2D eigenvalue weighted by Crippen LogP contribution is 2.26. The molecule has 0 aliphatic carbocycles. The number of amides is 1. The number of ether oxygens (including phenoxy) is 1. The summed E-state index contributed by atoms with van der Waals surface area (Å²) < 4.78 is 20.2. The predicted octanol–water partition coefficient (Wildman–Crippen LogP) is 2.85. The maximum absolute atomic E-state index is 12.4. The summed E-state index contributed by atoms with van der Waals surface area (Å²) in [6, 6.07) is 1.16. The van der Waals surface area contributed by atoms with E-state index in [0.29, 0.717) is 5.56 Å². The van der Waals surface area contributed by atoms with Crippen LogP contribution in [0.5, 0.6) is 0 Å². The molecule has 25 heavy (non-hydrogen) atoms. The predicted molar refractivity (Wildman–Crippen MR) is 101 cm³/mol. The topological polar surface area (TPSA) is 99.2 Å². The second-order valence-electron chi connectivity index (χ2n) is 7.69. The van der Waals surface area contributed by atoms with Gasteiger partial charge in [-0.05, 0) is 26.8 Å². The van der Waals surface area contributed by atoms with Gasteiger partial charge >= 0.3 is 0 Å². The average Bonchev–Trinajstić information content (AvgIpc) is 2.46. The van der Waals surface area contributed by atoms with Crippen molar-refractivity contribution in [1.82, 2.24) is 14.9 Å². The minimum absolute atomic E-state index is 0.161. The van der Waals surface area contributed by atoms with Crippen LogP contribution in [0.2, 0.25) is 5.15 Å². The lowest BCUT2D eigenvalue weighted by Gasteiger charge is -2.28. The summed E-state index contributed by atoms with van der Waals surface area (Å²) in [5.74, 6) is 0.0911. The number of aromatic nitrogens is 2. The first-order chi connectivity index (χ1) is 11.4. The molecule has 0 radical (unpaired) electrons. The highest BCUT2D eigenvalue weighted by Gasteiger charge is 2.31. The van der Waals surface area contributed by atoms with Crippen LogP contribution in [-0.2, 0) is 20.9 Å². The van der Waals surface area contributed by atoms with Gasteiger partial charge in [0.1, 0.15) is 10.8 Å². The number of nitrogens with one attached hydrogen (secondary N) is 2. The van der Waals surface area contributed by atoms with Crippen LogP contribution in [0.1, 0.15) is 53.1 Å². The monoisotopic (exact) mass is 390 g/mol. The molecular weight excluding hydrogens is 364 g/mol. The molecule has 1 aromatic heterocycles. The number of nitrogens with zero attached hydrogens (tertiary/aromatic N) is 2. The van der Waals surface area contributed by atoms with Crippen molar-refractivity contribution >= 4 is 34.7 Å². The molecule has 1 aromatic rings. The quantitative estimate of drug-likeness (QED) is 0.724. The summed E-state index contributed by atoms with van der Waals surface area (Å²) in [5, 5.41) is 10.7. The maximum Gasteiger partial charge on any atom is 0.230 e. The van der Waals surface area contributed by atoms with Gasteiger partial charge in [0.15, 0.2) is 11.0 Å². The third kappa shape index (κ3) is 6.71. The Morgan fingerprint density at radius 3 is 2.40 bits per heavy atom. The van der Waals surface area contributed by atoms with Crippen LogP contribution in [-0.4, -0.2) is 39.1 Å². The fraction of sp³-hybridized carbons (Fsp3) is 0.688. The molecule has 0 unspecified atom stereocenters. The molecule has 0 spiro atoms. The molecule has 142 valence electrons. The zero-order chi connectivity index (χ0) is 19.4. The standard InChI is InChI=1S/C16H27ClN4O3S/c1-15(2,3)14(22)18-12-8-10(13(17)20-19-12)11(9-24-7)21-25(23)16(4,5)6/h8,11,21H,9H2,1-7H3,(H,18,19,22)/t11-,25-/m1/s1. The zero-order valence-corrected chi connectivity index (χ0v) is 17.3. The Kier molecular flexibility index (Phi) is 7.64. The summed E-state index contributed by atoms with van der Waals surface area (Å²) in [5.41, 5.74) is -0.0142. The van der Waals surface area contributed by atoms with Gasteiger partial charge in [0.05, 0.1) is 6.61 Å². The van der Waals surface area contributed by atoms with Crippen LogP contribution >= 0.6 is 11.6 Å². The van der Waals surface area contributed by atoms with Gasteiger partial charge in [-0.1, -0.05) is 32.4 Å². The van der Waals surface area contributed by atoms with Crippen molar-refractivity contribution in [2.75, 3.05) is 19.0 Å². The van der Waals surface area contributed by atoms with E-state index in [9.17, 15) is 9.35 Å². The molecule has 0 aliphatic heterocycles. The van der Waals surface area contributed by atoms with E-state index in [1.807, 2.05) is 20.8 Å². The summed E-state index contributed by atoms with van der Waals surface area (Å²) in [6.45, 7) is 11.2. The molecular formula is C16H27ClN4O3S. The Balaban J connectivity index is 3.10. The van der Waals surface area contributed by atoms with Gasteiger partial charge in [0.2, 0.25) is 5.91 Å². The van der Waals surface area contributed by atoms with Crippen molar-refractivity contribution < 1.29 is 14.1 Å². The summed E-state index contributed by atoms with van der Waals surface area (Å²) in [4.78, 5) is 12.1. The molecule has 0 bridgehead atoms. The van der Waals surface area contributed by atoms with E-state index in [4.69, 9.17) is 16.3 Å². The summed E-state index contributed by atoms with van der Waals surface area (Å²) in [6.07, 6.45) is 0. The number of carbonyl (C=O) groups is 1. The van der Waals surface area contributed by atoms with E-state index in [2.05, 4.69) is 20.2 Å². The minimum atomic E-state index is -1.33. The number of anilines is 1. The number of halogens is 1. The van der Waals surface area contributed by atoms with Crippen molar-refractivity contribution in [2.45, 2.75) is 52.3 Å². The van der Waals surface area contributed by atoms with E-state index in [-0.39, 0.29) is 23.5 Å². The normalized spacial score (nSPS) is 14.9. The Bertz CT molecular complexity index is 602. The first-order valence-corrected chi connectivity index (χ1v) is 9.40. The molecule has 0 aliphatic rings. The van der Waals surface area contributed by atoms with E-state index in [1.165, 1.54) is 0 Å². The smallest absolute Gasteiger partial charge is 0.230 e. The van der Waals surface area contributed by atoms with Gasteiger partial charge < -0.3 is 14.6 Å². The number of rotatable bonds is 6. The molecule has 0 aromatic carbocycles. The Morgan fingerprint density at radius 1 is 1.32 bits per heavy atom. The Hall–Kier alpha value is -0.930. The van der Waals surface area contributed by atoms with Crippen molar-refractivity contribution in [3.63, 3.8) is 0 Å². The molecule has 1 heterocycles. The highest BCUT2D eigenvalue weighted by molar-refractivity contribution is 7.90. The SMILES string of the molecule is COC[C@@H](N[S@+]([O-])C(C)(C)C)c1cc(NC(=O)C(C)(C)C)nnc1Cl. The number of carbonyl (C=O) groups excluding carboxylic acids is 1. The van der Waals surface area contributed by atoms with E-state index in [0.717, 1.165) is 0 Å². The first-order valence-electron chi connectivity index (χ1n) is 7.88. The van der Waals surface area contributed by atoms with Crippen LogP contribution in [0.3, 0.4) is 0 Å². The van der Waals surface area contributed by atoms with Crippen LogP contribution < -0.4 is 10.0 Å². The van der Waals surface area contributed by atoms with Crippen LogP contribution in [0, 0.1) is 5.41 Å². The van der Waals surface area contributed by atoms with E-state index >= 15 is 0 Å². The second-order valence-corrected chi connectivity index (χ2v) is 10.0. The van der Waals surface area contributed by atoms with Crippen molar-refractivity contribution in [2.24, 2.45) is 5.41 Å². The van der Waals surface area contributed by atoms with Crippen LogP contribution in [0.4, 0.5) is 5.82 Å². The zero-order valence-electron chi connectivity index (χ0n) is 15.8. The third-order valence-electron chi connectivity index (χ3n) is 3.21. The molecule has 0 saturated heterocycles. The van der Waals surface area contributed by atoms with Gasteiger partial charge in [-0.25, -0.2) is 0 Å². The van der Waals surface area contributed by atoms with Crippen molar-refractivity contribution in [3.8, 4) is 0 Å². The van der Waals surface area contributed by atoms with Gasteiger partial charge in [-0.15, -0.1) is 14.9 Å². The number of hydrogen-bond donors (Lipinski definition) is 2.